The Bertz CT molecular complexity index is 626. The predicted octanol–water partition coefficient (Wildman–Crippen LogP) is 3.52. The van der Waals surface area contributed by atoms with Crippen LogP contribution in [0.3, 0.4) is 0 Å². The van der Waals surface area contributed by atoms with Gasteiger partial charge in [0, 0.05) is 11.0 Å². The maximum atomic E-state index is 13.1. The van der Waals surface area contributed by atoms with Gasteiger partial charge < -0.3 is 9.64 Å². The van der Waals surface area contributed by atoms with E-state index in [0.29, 0.717) is 16.6 Å². The number of esters is 1. The van der Waals surface area contributed by atoms with E-state index in [9.17, 15) is 18.4 Å². The van der Waals surface area contributed by atoms with Crippen LogP contribution in [0.1, 0.15) is 36.7 Å². The molecule has 0 aromatic heterocycles. The summed E-state index contributed by atoms with van der Waals surface area (Å²) in [5.41, 5.74) is 0.509. The van der Waals surface area contributed by atoms with Crippen molar-refractivity contribution in [3.63, 3.8) is 0 Å². The minimum Gasteiger partial charge on any atom is -0.456 e. The van der Waals surface area contributed by atoms with Gasteiger partial charge in [0.05, 0.1) is 12.1 Å². The van der Waals surface area contributed by atoms with E-state index in [2.05, 4.69) is 15.9 Å². The maximum Gasteiger partial charge on any atom is 0.342 e. The van der Waals surface area contributed by atoms with Crippen molar-refractivity contribution in [2.75, 3.05) is 11.4 Å². The molecule has 120 valence electrons. The molecule has 0 atom stereocenters. The van der Waals surface area contributed by atoms with Crippen molar-refractivity contribution < 1.29 is 23.1 Å². The van der Waals surface area contributed by atoms with E-state index in [4.69, 9.17) is 4.74 Å². The van der Waals surface area contributed by atoms with Crippen LogP contribution in [-0.2, 0) is 14.9 Å². The van der Waals surface area contributed by atoms with Crippen molar-refractivity contribution in [3.8, 4) is 0 Å². The second-order valence-electron chi connectivity index (χ2n) is 6.07. The Morgan fingerprint density at radius 2 is 2.05 bits per heavy atom. The molecule has 0 saturated carbocycles. The van der Waals surface area contributed by atoms with Crippen molar-refractivity contribution >= 4 is 33.5 Å². The largest absolute Gasteiger partial charge is 0.456 e. The van der Waals surface area contributed by atoms with Gasteiger partial charge in [0.15, 0.2) is 0 Å². The maximum absolute atomic E-state index is 13.1. The van der Waals surface area contributed by atoms with Gasteiger partial charge in [0.1, 0.15) is 5.60 Å². The number of halogens is 3. The first-order valence-electron chi connectivity index (χ1n) is 6.67. The van der Waals surface area contributed by atoms with Gasteiger partial charge in [-0.25, -0.2) is 4.79 Å². The average Bonchev–Trinajstić information content (AvgIpc) is 2.42. The summed E-state index contributed by atoms with van der Waals surface area (Å²) in [5, 5.41) is 0.381. The molecule has 0 aliphatic carbocycles. The molecule has 1 amide bonds. The van der Waals surface area contributed by atoms with E-state index < -0.39 is 29.9 Å². The molecule has 0 bridgehead atoms. The summed E-state index contributed by atoms with van der Waals surface area (Å²) >= 11 is 3.25. The molecule has 7 heteroatoms. The number of carbonyl (C=O) groups excluding carboxylic acids is 2. The molecule has 2 rings (SSSR count). The van der Waals surface area contributed by atoms with Crippen LogP contribution in [0.5, 0.6) is 0 Å². The van der Waals surface area contributed by atoms with Crippen LogP contribution in [-0.4, -0.2) is 29.9 Å². The third kappa shape index (κ3) is 3.29. The monoisotopic (exact) mass is 375 g/mol. The fourth-order valence-corrected chi connectivity index (χ4v) is 2.51. The van der Waals surface area contributed by atoms with Crippen LogP contribution in [0.15, 0.2) is 18.2 Å². The highest BCUT2D eigenvalue weighted by atomic mass is 79.9. The summed E-state index contributed by atoms with van der Waals surface area (Å²) in [7, 11) is 0. The highest BCUT2D eigenvalue weighted by molar-refractivity contribution is 9.08. The molecule has 4 nitrogen and oxygen atoms in total. The second-order valence-corrected chi connectivity index (χ2v) is 6.64. The van der Waals surface area contributed by atoms with Crippen LogP contribution >= 0.6 is 15.9 Å². The molecule has 1 saturated heterocycles. The summed E-state index contributed by atoms with van der Waals surface area (Å²) in [6.45, 7) is 4.53. The fourth-order valence-electron chi connectivity index (χ4n) is 2.03. The number of rotatable bonds is 3. The molecular formula is C15H16BrF2NO3. The number of amides is 1. The SMILES string of the molecule is CC(C)(C)OC(=O)c1ccc(CBr)c(N2CC(F)(F)C2=O)c1. The lowest BCUT2D eigenvalue weighted by atomic mass is 10.0. The van der Waals surface area contributed by atoms with E-state index in [1.54, 1.807) is 32.9 Å². The van der Waals surface area contributed by atoms with Crippen molar-refractivity contribution in [3.05, 3.63) is 29.3 Å². The van der Waals surface area contributed by atoms with Gasteiger partial charge in [-0.15, -0.1) is 0 Å². The zero-order valence-corrected chi connectivity index (χ0v) is 14.0. The lowest BCUT2D eigenvalue weighted by Crippen LogP contribution is -2.62. The van der Waals surface area contributed by atoms with E-state index in [0.717, 1.165) is 4.90 Å². The number of hydrogen-bond acceptors (Lipinski definition) is 3. The fraction of sp³-hybridized carbons (Fsp3) is 0.467. The van der Waals surface area contributed by atoms with Gasteiger partial charge >= 0.3 is 11.9 Å². The van der Waals surface area contributed by atoms with Crippen LogP contribution < -0.4 is 4.90 Å². The first-order valence-corrected chi connectivity index (χ1v) is 7.79. The number of anilines is 1. The smallest absolute Gasteiger partial charge is 0.342 e. The minimum absolute atomic E-state index is 0.220. The minimum atomic E-state index is -3.33. The lowest BCUT2D eigenvalue weighted by Gasteiger charge is -2.38. The second kappa shape index (κ2) is 5.61. The van der Waals surface area contributed by atoms with Crippen LogP contribution in [0, 0.1) is 0 Å². The molecule has 1 fully saturated rings. The van der Waals surface area contributed by atoms with Gasteiger partial charge in [-0.05, 0) is 38.5 Å². The number of benzene rings is 1. The summed E-state index contributed by atoms with van der Waals surface area (Å²) in [4.78, 5) is 24.5. The van der Waals surface area contributed by atoms with Crippen molar-refractivity contribution in [1.29, 1.82) is 0 Å². The number of alkyl halides is 3. The highest BCUT2D eigenvalue weighted by Crippen LogP contribution is 2.36. The van der Waals surface area contributed by atoms with Crippen LogP contribution in [0.2, 0.25) is 0 Å². The van der Waals surface area contributed by atoms with Gasteiger partial charge in [-0.1, -0.05) is 22.0 Å². The van der Waals surface area contributed by atoms with Gasteiger partial charge in [-0.3, -0.25) is 4.79 Å². The Hall–Kier alpha value is -1.50. The summed E-state index contributed by atoms with van der Waals surface area (Å²) in [6.07, 6.45) is 0. The molecule has 0 N–H and O–H groups in total. The number of β-lactam (4-membered cyclic amide) rings is 1. The van der Waals surface area contributed by atoms with Crippen molar-refractivity contribution in [1.82, 2.24) is 0 Å². The Kier molecular flexibility index (Phi) is 4.30. The summed E-state index contributed by atoms with van der Waals surface area (Å²) < 4.78 is 31.4. The molecule has 0 radical (unpaired) electrons. The van der Waals surface area contributed by atoms with Gasteiger partial charge in [-0.2, -0.15) is 8.78 Å². The molecule has 1 aliphatic heterocycles. The zero-order chi connectivity index (χ0) is 16.7. The topological polar surface area (TPSA) is 46.6 Å². The predicted molar refractivity (Wildman–Crippen MR) is 81.5 cm³/mol. The molecule has 1 aromatic carbocycles. The molecular weight excluding hydrogens is 360 g/mol. The lowest BCUT2D eigenvalue weighted by molar-refractivity contribution is -0.152. The molecule has 1 aliphatic rings. The number of hydrogen-bond donors (Lipinski definition) is 0. The Balaban J connectivity index is 2.32. The van der Waals surface area contributed by atoms with Gasteiger partial charge in [0.2, 0.25) is 0 Å². The molecule has 1 aromatic rings. The first-order chi connectivity index (χ1) is 10.0. The quantitative estimate of drug-likeness (QED) is 0.461. The average molecular weight is 376 g/mol. The standard InChI is InChI=1S/C15H16BrF2NO3/c1-14(2,3)22-12(20)9-4-5-10(7-16)11(6-9)19-8-15(17,18)13(19)21/h4-6H,7-8H2,1-3H3. The van der Waals surface area contributed by atoms with Crippen LogP contribution in [0.25, 0.3) is 0 Å². The zero-order valence-electron chi connectivity index (χ0n) is 12.5. The first kappa shape index (κ1) is 16.9. The Morgan fingerprint density at radius 3 is 2.50 bits per heavy atom. The number of carbonyl (C=O) groups is 2. The molecule has 1 heterocycles. The summed E-state index contributed by atoms with van der Waals surface area (Å²) in [5.74, 6) is -5.14. The molecule has 0 spiro atoms. The molecule has 22 heavy (non-hydrogen) atoms. The van der Waals surface area contributed by atoms with Crippen molar-refractivity contribution in [2.45, 2.75) is 37.6 Å². The number of ether oxygens (including phenoxy) is 1. The van der Waals surface area contributed by atoms with Gasteiger partial charge in [0.25, 0.3) is 5.91 Å². The Labute approximate surface area is 135 Å². The molecule has 0 unspecified atom stereocenters. The third-order valence-corrected chi connectivity index (χ3v) is 3.67. The van der Waals surface area contributed by atoms with Crippen molar-refractivity contribution in [2.24, 2.45) is 0 Å². The van der Waals surface area contributed by atoms with Crippen LogP contribution in [0.4, 0.5) is 14.5 Å². The number of nitrogens with zero attached hydrogens (tertiary/aromatic N) is 1. The van der Waals surface area contributed by atoms with E-state index in [-0.39, 0.29) is 5.56 Å². The summed E-state index contributed by atoms with van der Waals surface area (Å²) in [6, 6.07) is 4.58. The van der Waals surface area contributed by atoms with E-state index >= 15 is 0 Å². The Morgan fingerprint density at radius 1 is 1.41 bits per heavy atom. The highest BCUT2D eigenvalue weighted by Gasteiger charge is 2.55. The van der Waals surface area contributed by atoms with E-state index in [1.807, 2.05) is 0 Å². The normalized spacial score (nSPS) is 17.2. The van der Waals surface area contributed by atoms with E-state index in [1.165, 1.54) is 6.07 Å². The third-order valence-electron chi connectivity index (χ3n) is 3.07.